The lowest BCUT2D eigenvalue weighted by Gasteiger charge is -2.05. The summed E-state index contributed by atoms with van der Waals surface area (Å²) in [5.74, 6) is 0.637. The van der Waals surface area contributed by atoms with Crippen LogP contribution in [-0.2, 0) is 19.1 Å². The molecule has 170 valence electrons. The molecule has 6 heteroatoms. The van der Waals surface area contributed by atoms with E-state index in [9.17, 15) is 9.59 Å². The summed E-state index contributed by atoms with van der Waals surface area (Å²) in [6.45, 7) is 0.715. The molecule has 0 fully saturated rings. The largest absolute Gasteiger partial charge is 0.496 e. The van der Waals surface area contributed by atoms with Crippen molar-refractivity contribution in [1.29, 1.82) is 0 Å². The van der Waals surface area contributed by atoms with E-state index in [-0.39, 0.29) is 11.9 Å². The number of esters is 2. The van der Waals surface area contributed by atoms with Crippen molar-refractivity contribution in [3.05, 3.63) is 71.8 Å². The van der Waals surface area contributed by atoms with E-state index in [1.165, 1.54) is 12.2 Å². The fourth-order valence-corrected chi connectivity index (χ4v) is 2.92. The molecule has 0 spiro atoms. The first-order chi connectivity index (χ1) is 15.6. The zero-order chi connectivity index (χ0) is 23.0. The van der Waals surface area contributed by atoms with Gasteiger partial charge in [-0.05, 0) is 50.0 Å². The van der Waals surface area contributed by atoms with Crippen LogP contribution in [0.15, 0.2) is 60.7 Å². The molecule has 2 rings (SSSR count). The van der Waals surface area contributed by atoms with Gasteiger partial charge in [0.05, 0.1) is 27.4 Å². The van der Waals surface area contributed by atoms with Crippen LogP contribution < -0.4 is 9.47 Å². The minimum absolute atomic E-state index is 0.358. The third-order valence-corrected chi connectivity index (χ3v) is 4.60. The lowest BCUT2D eigenvalue weighted by molar-refractivity contribution is -0.139. The molecule has 2 aromatic carbocycles. The molecule has 32 heavy (non-hydrogen) atoms. The molecule has 0 radical (unpaired) electrons. The molecule has 0 bridgehead atoms. The molecule has 0 aromatic heterocycles. The second-order valence-electron chi connectivity index (χ2n) is 6.90. The Balaban J connectivity index is 1.54. The summed E-state index contributed by atoms with van der Waals surface area (Å²) in [6, 6.07) is 14.9. The molecule has 0 N–H and O–H groups in total. The summed E-state index contributed by atoms with van der Waals surface area (Å²) in [4.78, 5) is 23.6. The summed E-state index contributed by atoms with van der Waals surface area (Å²) in [5.41, 5.74) is 1.64. The quantitative estimate of drug-likeness (QED) is 0.247. The fourth-order valence-electron chi connectivity index (χ4n) is 2.92. The van der Waals surface area contributed by atoms with Crippen molar-refractivity contribution in [2.75, 3.05) is 27.4 Å². The number of hydrogen-bond donors (Lipinski definition) is 0. The van der Waals surface area contributed by atoms with Crippen molar-refractivity contribution >= 4 is 24.1 Å². The zero-order valence-electron chi connectivity index (χ0n) is 18.6. The highest BCUT2D eigenvalue weighted by Crippen LogP contribution is 2.19. The minimum atomic E-state index is -0.383. The molecule has 0 saturated carbocycles. The molecule has 0 amide bonds. The van der Waals surface area contributed by atoms with Gasteiger partial charge in [0, 0.05) is 23.3 Å². The Morgan fingerprint density at radius 2 is 1.06 bits per heavy atom. The van der Waals surface area contributed by atoms with Crippen LogP contribution in [0.25, 0.3) is 12.2 Å². The smallest absolute Gasteiger partial charge is 0.330 e. The summed E-state index contributed by atoms with van der Waals surface area (Å²) >= 11 is 0. The van der Waals surface area contributed by atoms with Gasteiger partial charge < -0.3 is 18.9 Å². The number of para-hydroxylation sites is 2. The molecule has 0 heterocycles. The Bertz CT molecular complexity index is 841. The summed E-state index contributed by atoms with van der Waals surface area (Å²) in [5, 5.41) is 0. The Kier molecular flexibility index (Phi) is 11.2. The normalized spacial score (nSPS) is 10.9. The monoisotopic (exact) mass is 438 g/mol. The van der Waals surface area contributed by atoms with E-state index in [4.69, 9.17) is 18.9 Å². The summed E-state index contributed by atoms with van der Waals surface area (Å²) in [7, 11) is 3.18. The maximum Gasteiger partial charge on any atom is 0.330 e. The Labute approximate surface area is 189 Å². The van der Waals surface area contributed by atoms with E-state index in [2.05, 4.69) is 0 Å². The van der Waals surface area contributed by atoms with Crippen molar-refractivity contribution in [1.82, 2.24) is 0 Å². The second-order valence-corrected chi connectivity index (χ2v) is 6.90. The minimum Gasteiger partial charge on any atom is -0.496 e. The Morgan fingerprint density at radius 1 is 0.656 bits per heavy atom. The average molecular weight is 439 g/mol. The van der Waals surface area contributed by atoms with Crippen LogP contribution in [0.5, 0.6) is 11.5 Å². The van der Waals surface area contributed by atoms with E-state index in [0.29, 0.717) is 24.7 Å². The highest BCUT2D eigenvalue weighted by molar-refractivity contribution is 5.88. The first-order valence-electron chi connectivity index (χ1n) is 10.6. The van der Waals surface area contributed by atoms with Gasteiger partial charge in [-0.15, -0.1) is 0 Å². The van der Waals surface area contributed by atoms with E-state index >= 15 is 0 Å². The van der Waals surface area contributed by atoms with Crippen LogP contribution in [0.3, 0.4) is 0 Å². The Morgan fingerprint density at radius 3 is 1.47 bits per heavy atom. The molecular formula is C26H30O6. The molecule has 0 unspecified atom stereocenters. The molecule has 0 aliphatic heterocycles. The zero-order valence-corrected chi connectivity index (χ0v) is 18.6. The van der Waals surface area contributed by atoms with Gasteiger partial charge in [-0.3, -0.25) is 0 Å². The number of rotatable bonds is 13. The number of ether oxygens (including phenoxy) is 4. The average Bonchev–Trinajstić information content (AvgIpc) is 2.83. The van der Waals surface area contributed by atoms with Crippen LogP contribution in [0.2, 0.25) is 0 Å². The number of methoxy groups -OCH3 is 2. The van der Waals surface area contributed by atoms with Gasteiger partial charge in [-0.25, -0.2) is 9.59 Å². The molecule has 2 aromatic rings. The third kappa shape index (κ3) is 9.08. The molecule has 0 saturated heterocycles. The number of benzene rings is 2. The van der Waals surface area contributed by atoms with Gasteiger partial charge in [0.2, 0.25) is 0 Å². The summed E-state index contributed by atoms with van der Waals surface area (Å²) in [6.07, 6.45) is 9.45. The first-order valence-corrected chi connectivity index (χ1v) is 10.6. The lowest BCUT2D eigenvalue weighted by Crippen LogP contribution is -2.04. The molecule has 0 aliphatic carbocycles. The van der Waals surface area contributed by atoms with Crippen molar-refractivity contribution in [2.24, 2.45) is 0 Å². The molecule has 0 aliphatic rings. The summed E-state index contributed by atoms with van der Waals surface area (Å²) < 4.78 is 20.9. The van der Waals surface area contributed by atoms with E-state index in [1.807, 2.05) is 48.5 Å². The van der Waals surface area contributed by atoms with E-state index < -0.39 is 0 Å². The number of carbonyl (C=O) groups is 2. The van der Waals surface area contributed by atoms with Crippen LogP contribution in [0.4, 0.5) is 0 Å². The molecule has 6 nitrogen and oxygen atoms in total. The van der Waals surface area contributed by atoms with Gasteiger partial charge in [-0.1, -0.05) is 36.4 Å². The van der Waals surface area contributed by atoms with E-state index in [0.717, 1.165) is 36.8 Å². The van der Waals surface area contributed by atoms with Crippen LogP contribution in [0, 0.1) is 0 Å². The van der Waals surface area contributed by atoms with Crippen LogP contribution in [-0.4, -0.2) is 39.4 Å². The van der Waals surface area contributed by atoms with Crippen molar-refractivity contribution < 1.29 is 28.5 Å². The highest BCUT2D eigenvalue weighted by atomic mass is 16.5. The van der Waals surface area contributed by atoms with Gasteiger partial charge in [0.15, 0.2) is 0 Å². The van der Waals surface area contributed by atoms with Crippen LogP contribution >= 0.6 is 0 Å². The predicted octanol–water partition coefficient (Wildman–Crippen LogP) is 5.08. The number of hydrogen-bond acceptors (Lipinski definition) is 6. The predicted molar refractivity (Wildman–Crippen MR) is 124 cm³/mol. The SMILES string of the molecule is COc1ccccc1C=CC(=O)OCCCCCCOC(=O)C=Cc1ccccc1OC. The fraction of sp³-hybridized carbons (Fsp3) is 0.308. The number of carbonyl (C=O) groups excluding carboxylic acids is 2. The highest BCUT2D eigenvalue weighted by Gasteiger charge is 2.02. The molecular weight excluding hydrogens is 408 g/mol. The third-order valence-electron chi connectivity index (χ3n) is 4.60. The van der Waals surface area contributed by atoms with Crippen molar-refractivity contribution in [3.63, 3.8) is 0 Å². The molecule has 0 atom stereocenters. The van der Waals surface area contributed by atoms with Crippen molar-refractivity contribution in [2.45, 2.75) is 25.7 Å². The maximum absolute atomic E-state index is 11.8. The lowest BCUT2D eigenvalue weighted by atomic mass is 10.2. The second kappa shape index (κ2) is 14.5. The van der Waals surface area contributed by atoms with Gasteiger partial charge in [-0.2, -0.15) is 0 Å². The van der Waals surface area contributed by atoms with Crippen LogP contribution in [0.1, 0.15) is 36.8 Å². The number of unbranched alkanes of at least 4 members (excludes halogenated alkanes) is 3. The van der Waals surface area contributed by atoms with Gasteiger partial charge in [0.25, 0.3) is 0 Å². The van der Waals surface area contributed by atoms with Gasteiger partial charge >= 0.3 is 11.9 Å². The van der Waals surface area contributed by atoms with Crippen molar-refractivity contribution in [3.8, 4) is 11.5 Å². The Hall–Kier alpha value is -3.54. The standard InChI is InChI=1S/C26H30O6/c1-29-23-13-7-5-11-21(23)15-17-25(27)31-19-9-3-4-10-20-32-26(28)18-16-22-12-6-8-14-24(22)30-2/h5-8,11-18H,3-4,9-10,19-20H2,1-2H3. The van der Waals surface area contributed by atoms with E-state index in [1.54, 1.807) is 26.4 Å². The maximum atomic E-state index is 11.8. The first kappa shape index (κ1) is 24.7. The van der Waals surface area contributed by atoms with Gasteiger partial charge in [0.1, 0.15) is 11.5 Å². The topological polar surface area (TPSA) is 71.1 Å².